The van der Waals surface area contributed by atoms with Crippen LogP contribution in [0.3, 0.4) is 0 Å². The summed E-state index contributed by atoms with van der Waals surface area (Å²) in [6, 6.07) is 4.73. The minimum Gasteiger partial charge on any atom is -0.493 e. The molecule has 0 fully saturated rings. The molecule has 0 aliphatic carbocycles. The Morgan fingerprint density at radius 3 is 2.25 bits per heavy atom. The molecule has 0 aliphatic heterocycles. The average Bonchev–Trinajstić information content (AvgIpc) is 2.59. The average molecular weight is 332 g/mol. The van der Waals surface area contributed by atoms with E-state index in [1.165, 1.54) is 27.7 Å². The highest BCUT2D eigenvalue weighted by Gasteiger charge is 2.14. The maximum atomic E-state index is 12.0. The number of ether oxygens (including phenoxy) is 3. The monoisotopic (exact) mass is 332 g/mol. The van der Waals surface area contributed by atoms with Crippen molar-refractivity contribution in [2.45, 2.75) is 13.5 Å². The summed E-state index contributed by atoms with van der Waals surface area (Å²) >= 11 is 0. The first-order valence-corrected chi connectivity index (χ1v) is 7.19. The first-order chi connectivity index (χ1) is 11.6. The zero-order valence-corrected chi connectivity index (χ0v) is 14.0. The zero-order chi connectivity index (χ0) is 17.5. The van der Waals surface area contributed by atoms with Gasteiger partial charge in [-0.25, -0.2) is 14.8 Å². The van der Waals surface area contributed by atoms with Crippen LogP contribution in [0.1, 0.15) is 11.4 Å². The van der Waals surface area contributed by atoms with E-state index < -0.39 is 0 Å². The Labute approximate surface area is 140 Å². The molecule has 2 amide bonds. The van der Waals surface area contributed by atoms with Crippen LogP contribution in [0.15, 0.2) is 24.5 Å². The second kappa shape index (κ2) is 8.00. The number of rotatable bonds is 6. The van der Waals surface area contributed by atoms with Crippen molar-refractivity contribution >= 4 is 11.7 Å². The van der Waals surface area contributed by atoms with E-state index >= 15 is 0 Å². The summed E-state index contributed by atoms with van der Waals surface area (Å²) in [7, 11) is 4.54. The van der Waals surface area contributed by atoms with Crippen LogP contribution < -0.4 is 24.8 Å². The van der Waals surface area contributed by atoms with Gasteiger partial charge >= 0.3 is 6.03 Å². The van der Waals surface area contributed by atoms with Crippen molar-refractivity contribution in [1.29, 1.82) is 0 Å². The summed E-state index contributed by atoms with van der Waals surface area (Å²) in [6.07, 6.45) is 1.46. The minimum absolute atomic E-state index is 0.291. The first kappa shape index (κ1) is 17.3. The molecule has 0 aliphatic rings. The van der Waals surface area contributed by atoms with Gasteiger partial charge in [-0.2, -0.15) is 0 Å². The van der Waals surface area contributed by atoms with Gasteiger partial charge in [0, 0.05) is 17.8 Å². The normalized spacial score (nSPS) is 10.0. The molecule has 0 saturated carbocycles. The Morgan fingerprint density at radius 1 is 1.04 bits per heavy atom. The number of carbonyl (C=O) groups is 1. The maximum Gasteiger partial charge on any atom is 0.319 e. The third kappa shape index (κ3) is 4.25. The van der Waals surface area contributed by atoms with Gasteiger partial charge in [-0.05, 0) is 13.0 Å². The smallest absolute Gasteiger partial charge is 0.319 e. The van der Waals surface area contributed by atoms with E-state index in [0.29, 0.717) is 29.5 Å². The van der Waals surface area contributed by atoms with Crippen LogP contribution in [-0.4, -0.2) is 37.3 Å². The van der Waals surface area contributed by atoms with Gasteiger partial charge in [-0.15, -0.1) is 0 Å². The highest BCUT2D eigenvalue weighted by Crippen LogP contribution is 2.39. The Morgan fingerprint density at radius 2 is 1.71 bits per heavy atom. The van der Waals surface area contributed by atoms with Gasteiger partial charge in [0.1, 0.15) is 6.33 Å². The van der Waals surface area contributed by atoms with E-state index in [1.807, 2.05) is 6.92 Å². The maximum absolute atomic E-state index is 12.0. The second-order valence-electron chi connectivity index (χ2n) is 4.87. The largest absolute Gasteiger partial charge is 0.493 e. The van der Waals surface area contributed by atoms with Crippen LogP contribution in [0.2, 0.25) is 0 Å². The molecule has 24 heavy (non-hydrogen) atoms. The third-order valence-corrected chi connectivity index (χ3v) is 3.21. The van der Waals surface area contributed by atoms with E-state index in [0.717, 1.165) is 11.4 Å². The van der Waals surface area contributed by atoms with E-state index in [9.17, 15) is 4.79 Å². The van der Waals surface area contributed by atoms with Crippen LogP contribution in [0.4, 0.5) is 10.5 Å². The molecule has 1 aromatic carbocycles. The number of nitrogens with zero attached hydrogens (tertiary/aromatic N) is 2. The van der Waals surface area contributed by atoms with Crippen LogP contribution >= 0.6 is 0 Å². The Balaban J connectivity index is 2.05. The second-order valence-corrected chi connectivity index (χ2v) is 4.87. The summed E-state index contributed by atoms with van der Waals surface area (Å²) in [5.74, 6) is 1.37. The zero-order valence-electron chi connectivity index (χ0n) is 14.0. The highest BCUT2D eigenvalue weighted by molar-refractivity contribution is 5.90. The van der Waals surface area contributed by atoms with Gasteiger partial charge in [-0.3, -0.25) is 0 Å². The number of amides is 2. The molecular formula is C16H20N4O4. The van der Waals surface area contributed by atoms with Crippen molar-refractivity contribution < 1.29 is 19.0 Å². The number of nitrogens with one attached hydrogen (secondary N) is 2. The van der Waals surface area contributed by atoms with Gasteiger partial charge < -0.3 is 24.8 Å². The molecule has 8 nitrogen and oxygen atoms in total. The lowest BCUT2D eigenvalue weighted by Gasteiger charge is -2.14. The quantitative estimate of drug-likeness (QED) is 0.841. The molecule has 0 atom stereocenters. The van der Waals surface area contributed by atoms with Crippen molar-refractivity contribution in [2.75, 3.05) is 26.6 Å². The Kier molecular flexibility index (Phi) is 5.78. The summed E-state index contributed by atoms with van der Waals surface area (Å²) in [4.78, 5) is 20.1. The molecule has 1 aromatic heterocycles. The number of carbonyl (C=O) groups excluding carboxylic acids is 1. The molecule has 0 unspecified atom stereocenters. The van der Waals surface area contributed by atoms with Crippen LogP contribution in [0.25, 0.3) is 0 Å². The fraction of sp³-hybridized carbons (Fsp3) is 0.312. The van der Waals surface area contributed by atoms with Gasteiger partial charge in [0.05, 0.1) is 39.3 Å². The predicted molar refractivity (Wildman–Crippen MR) is 88.7 cm³/mol. The molecule has 2 aromatic rings. The van der Waals surface area contributed by atoms with Gasteiger partial charge in [0.15, 0.2) is 11.5 Å². The van der Waals surface area contributed by atoms with Crippen molar-refractivity contribution in [2.24, 2.45) is 0 Å². The molecule has 0 spiro atoms. The number of methoxy groups -OCH3 is 3. The summed E-state index contributed by atoms with van der Waals surface area (Å²) in [5, 5.41) is 5.44. The molecular weight excluding hydrogens is 312 g/mol. The summed E-state index contributed by atoms with van der Waals surface area (Å²) < 4.78 is 15.7. The number of hydrogen-bond acceptors (Lipinski definition) is 6. The number of aromatic nitrogens is 2. The fourth-order valence-corrected chi connectivity index (χ4v) is 2.11. The standard InChI is InChI=1S/C16H20N4O4/c1-10-5-12(19-9-18-10)8-17-16(21)20-11-6-13(22-2)15(24-4)14(7-11)23-3/h5-7,9H,8H2,1-4H3,(H2,17,20,21). The molecule has 128 valence electrons. The van der Waals surface area contributed by atoms with Gasteiger partial charge in [0.2, 0.25) is 5.75 Å². The minimum atomic E-state index is -0.375. The Bertz CT molecular complexity index is 696. The third-order valence-electron chi connectivity index (χ3n) is 3.21. The molecule has 1 heterocycles. The number of hydrogen-bond donors (Lipinski definition) is 2. The summed E-state index contributed by atoms with van der Waals surface area (Å²) in [5.41, 5.74) is 2.08. The van der Waals surface area contributed by atoms with Crippen molar-refractivity contribution in [3.63, 3.8) is 0 Å². The van der Waals surface area contributed by atoms with Gasteiger partial charge in [-0.1, -0.05) is 0 Å². The molecule has 8 heteroatoms. The van der Waals surface area contributed by atoms with Crippen LogP contribution in [-0.2, 0) is 6.54 Å². The summed E-state index contributed by atoms with van der Waals surface area (Å²) in [6.45, 7) is 2.15. The van der Waals surface area contributed by atoms with Crippen LogP contribution in [0, 0.1) is 6.92 Å². The number of anilines is 1. The van der Waals surface area contributed by atoms with Crippen molar-refractivity contribution in [1.82, 2.24) is 15.3 Å². The number of benzene rings is 1. The van der Waals surface area contributed by atoms with E-state index in [4.69, 9.17) is 14.2 Å². The highest BCUT2D eigenvalue weighted by atomic mass is 16.5. The van der Waals surface area contributed by atoms with Gasteiger partial charge in [0.25, 0.3) is 0 Å². The fourth-order valence-electron chi connectivity index (χ4n) is 2.11. The first-order valence-electron chi connectivity index (χ1n) is 7.19. The van der Waals surface area contributed by atoms with E-state index in [1.54, 1.807) is 18.2 Å². The molecule has 2 rings (SSSR count). The molecule has 0 saturated heterocycles. The Hall–Kier alpha value is -3.03. The lowest BCUT2D eigenvalue weighted by atomic mass is 10.2. The van der Waals surface area contributed by atoms with E-state index in [2.05, 4.69) is 20.6 Å². The number of urea groups is 1. The lowest BCUT2D eigenvalue weighted by Crippen LogP contribution is -2.28. The SMILES string of the molecule is COc1cc(NC(=O)NCc2cc(C)ncn2)cc(OC)c1OC. The number of aryl methyl sites for hydroxylation is 1. The molecule has 0 bridgehead atoms. The van der Waals surface area contributed by atoms with Crippen LogP contribution in [0.5, 0.6) is 17.2 Å². The van der Waals surface area contributed by atoms with Crippen molar-refractivity contribution in [3.8, 4) is 17.2 Å². The lowest BCUT2D eigenvalue weighted by molar-refractivity contribution is 0.251. The van der Waals surface area contributed by atoms with E-state index in [-0.39, 0.29) is 6.03 Å². The van der Waals surface area contributed by atoms with Crippen molar-refractivity contribution in [3.05, 3.63) is 35.9 Å². The molecule has 0 radical (unpaired) electrons. The molecule has 2 N–H and O–H groups in total. The predicted octanol–water partition coefficient (Wildman–Crippen LogP) is 2.13. The topological polar surface area (TPSA) is 94.6 Å².